The maximum Gasteiger partial charge on any atom is 0.119 e. The largest absolute Gasteiger partial charge is 0.491 e. The van der Waals surface area contributed by atoms with E-state index in [0.717, 1.165) is 18.7 Å². The minimum atomic E-state index is 0.242. The topological polar surface area (TPSA) is 21.3 Å². The van der Waals surface area contributed by atoms with Gasteiger partial charge in [0, 0.05) is 6.04 Å². The van der Waals surface area contributed by atoms with E-state index in [1.54, 1.807) is 0 Å². The fourth-order valence-corrected chi connectivity index (χ4v) is 1.75. The van der Waals surface area contributed by atoms with Crippen LogP contribution in [0.1, 0.15) is 33.3 Å². The molecule has 0 saturated carbocycles. The zero-order valence-corrected chi connectivity index (χ0v) is 10.8. The van der Waals surface area contributed by atoms with Gasteiger partial charge in [-0.1, -0.05) is 19.1 Å². The first-order valence-corrected chi connectivity index (χ1v) is 6.10. The van der Waals surface area contributed by atoms with Gasteiger partial charge in [-0.25, -0.2) is 0 Å². The van der Waals surface area contributed by atoms with Crippen LogP contribution in [-0.2, 0) is 6.42 Å². The summed E-state index contributed by atoms with van der Waals surface area (Å²) in [7, 11) is 0. The molecule has 1 aromatic rings. The van der Waals surface area contributed by atoms with Gasteiger partial charge in [-0.2, -0.15) is 0 Å². The number of hydrogen-bond donors (Lipinski definition) is 1. The van der Waals surface area contributed by atoms with Gasteiger partial charge < -0.3 is 10.1 Å². The van der Waals surface area contributed by atoms with Crippen molar-refractivity contribution in [2.45, 2.75) is 46.3 Å². The second-order valence-electron chi connectivity index (χ2n) is 4.47. The molecule has 2 heteroatoms. The molecule has 16 heavy (non-hydrogen) atoms. The number of ether oxygens (including phenoxy) is 1. The van der Waals surface area contributed by atoms with Crippen LogP contribution >= 0.6 is 0 Å². The average molecular weight is 221 g/mol. The molecule has 0 saturated heterocycles. The van der Waals surface area contributed by atoms with Gasteiger partial charge in [0.2, 0.25) is 0 Å². The van der Waals surface area contributed by atoms with Gasteiger partial charge in [0.15, 0.2) is 0 Å². The monoisotopic (exact) mass is 221 g/mol. The van der Waals surface area contributed by atoms with E-state index >= 15 is 0 Å². The van der Waals surface area contributed by atoms with Gasteiger partial charge in [0.1, 0.15) is 5.75 Å². The minimum absolute atomic E-state index is 0.242. The van der Waals surface area contributed by atoms with E-state index in [1.165, 1.54) is 5.56 Å². The third-order valence-electron chi connectivity index (χ3n) is 2.39. The zero-order chi connectivity index (χ0) is 12.0. The third kappa shape index (κ3) is 4.67. The van der Waals surface area contributed by atoms with Crippen LogP contribution in [-0.4, -0.2) is 18.7 Å². The lowest BCUT2D eigenvalue weighted by Gasteiger charge is -2.13. The maximum absolute atomic E-state index is 5.61. The summed E-state index contributed by atoms with van der Waals surface area (Å²) >= 11 is 0. The third-order valence-corrected chi connectivity index (χ3v) is 2.39. The molecule has 90 valence electrons. The molecule has 2 nitrogen and oxygen atoms in total. The predicted octanol–water partition coefficient (Wildman–Crippen LogP) is 3.01. The molecule has 1 atom stereocenters. The highest BCUT2D eigenvalue weighted by atomic mass is 16.5. The van der Waals surface area contributed by atoms with Gasteiger partial charge in [0.05, 0.1) is 6.10 Å². The van der Waals surface area contributed by atoms with Crippen LogP contribution in [0.25, 0.3) is 0 Å². The van der Waals surface area contributed by atoms with Crippen LogP contribution in [0.5, 0.6) is 5.75 Å². The first-order valence-electron chi connectivity index (χ1n) is 6.10. The summed E-state index contributed by atoms with van der Waals surface area (Å²) in [6.45, 7) is 9.45. The van der Waals surface area contributed by atoms with Crippen LogP contribution in [0.15, 0.2) is 24.3 Å². The predicted molar refractivity (Wildman–Crippen MR) is 69.0 cm³/mol. The summed E-state index contributed by atoms with van der Waals surface area (Å²) in [5.41, 5.74) is 1.35. The van der Waals surface area contributed by atoms with Crippen molar-refractivity contribution in [1.29, 1.82) is 0 Å². The molecule has 0 amide bonds. The highest BCUT2D eigenvalue weighted by Gasteiger charge is 2.02. The summed E-state index contributed by atoms with van der Waals surface area (Å²) in [4.78, 5) is 0. The lowest BCUT2D eigenvalue weighted by atomic mass is 10.1. The Balaban J connectivity index is 2.50. The van der Waals surface area contributed by atoms with Crippen LogP contribution < -0.4 is 10.1 Å². The van der Waals surface area contributed by atoms with Gasteiger partial charge in [-0.05, 0) is 51.4 Å². The Labute approximate surface area is 99.0 Å². The Hall–Kier alpha value is -1.02. The van der Waals surface area contributed by atoms with E-state index in [4.69, 9.17) is 4.74 Å². The fourth-order valence-electron chi connectivity index (χ4n) is 1.75. The van der Waals surface area contributed by atoms with E-state index in [0.29, 0.717) is 6.04 Å². The molecule has 1 N–H and O–H groups in total. The highest BCUT2D eigenvalue weighted by molar-refractivity contribution is 5.27. The Bertz CT molecular complexity index is 292. The van der Waals surface area contributed by atoms with Crippen molar-refractivity contribution in [3.05, 3.63) is 29.8 Å². The number of benzene rings is 1. The summed E-state index contributed by atoms with van der Waals surface area (Å²) in [6.07, 6.45) is 1.31. The van der Waals surface area contributed by atoms with Crippen molar-refractivity contribution in [1.82, 2.24) is 5.32 Å². The Morgan fingerprint density at radius 1 is 1.12 bits per heavy atom. The number of hydrogen-bond acceptors (Lipinski definition) is 2. The molecule has 0 bridgehead atoms. The first kappa shape index (κ1) is 13.0. The first-order chi connectivity index (χ1) is 7.61. The fraction of sp³-hybridized carbons (Fsp3) is 0.571. The van der Waals surface area contributed by atoms with E-state index in [9.17, 15) is 0 Å². The normalized spacial score (nSPS) is 12.8. The summed E-state index contributed by atoms with van der Waals surface area (Å²) in [6, 6.07) is 8.92. The molecule has 0 aliphatic rings. The molecular weight excluding hydrogens is 198 g/mol. The molecule has 0 radical (unpaired) electrons. The van der Waals surface area contributed by atoms with Crippen LogP contribution in [0, 0.1) is 0 Å². The Kier molecular flexibility index (Phi) is 5.33. The summed E-state index contributed by atoms with van der Waals surface area (Å²) in [5, 5.41) is 3.41. The van der Waals surface area contributed by atoms with Crippen LogP contribution in [0.2, 0.25) is 0 Å². The van der Waals surface area contributed by atoms with Crippen molar-refractivity contribution in [2.24, 2.45) is 0 Å². The maximum atomic E-state index is 5.61. The van der Waals surface area contributed by atoms with E-state index < -0.39 is 0 Å². The van der Waals surface area contributed by atoms with E-state index in [-0.39, 0.29) is 6.10 Å². The Morgan fingerprint density at radius 3 is 2.25 bits per heavy atom. The molecule has 0 fully saturated rings. The second-order valence-corrected chi connectivity index (χ2v) is 4.47. The molecule has 1 rings (SSSR count). The van der Waals surface area contributed by atoms with Crippen molar-refractivity contribution in [3.63, 3.8) is 0 Å². The average Bonchev–Trinajstić information content (AvgIpc) is 2.20. The Morgan fingerprint density at radius 2 is 1.75 bits per heavy atom. The van der Waals surface area contributed by atoms with Crippen LogP contribution in [0.3, 0.4) is 0 Å². The summed E-state index contributed by atoms with van der Waals surface area (Å²) in [5.74, 6) is 0.954. The number of likely N-dealkylation sites (N-methyl/N-ethyl adjacent to an activating group) is 1. The standard InChI is InChI=1S/C14H23NO/c1-5-15-12(4)10-13-6-8-14(9-7-13)16-11(2)3/h6-9,11-12,15H,5,10H2,1-4H3. The van der Waals surface area contributed by atoms with Gasteiger partial charge in [0.25, 0.3) is 0 Å². The minimum Gasteiger partial charge on any atom is -0.491 e. The molecular formula is C14H23NO. The molecule has 1 unspecified atom stereocenters. The van der Waals surface area contributed by atoms with E-state index in [1.807, 2.05) is 26.0 Å². The molecule has 0 heterocycles. The van der Waals surface area contributed by atoms with Gasteiger partial charge in [-0.3, -0.25) is 0 Å². The molecule has 0 aromatic heterocycles. The smallest absolute Gasteiger partial charge is 0.119 e. The zero-order valence-electron chi connectivity index (χ0n) is 10.8. The molecule has 0 aliphatic heterocycles. The van der Waals surface area contributed by atoms with Gasteiger partial charge >= 0.3 is 0 Å². The number of rotatable bonds is 6. The quantitative estimate of drug-likeness (QED) is 0.797. The lowest BCUT2D eigenvalue weighted by Crippen LogP contribution is -2.27. The highest BCUT2D eigenvalue weighted by Crippen LogP contribution is 2.14. The SMILES string of the molecule is CCNC(C)Cc1ccc(OC(C)C)cc1. The van der Waals surface area contributed by atoms with Crippen molar-refractivity contribution < 1.29 is 4.74 Å². The van der Waals surface area contributed by atoms with E-state index in [2.05, 4.69) is 31.3 Å². The second kappa shape index (κ2) is 6.54. The van der Waals surface area contributed by atoms with Gasteiger partial charge in [-0.15, -0.1) is 0 Å². The number of nitrogens with one attached hydrogen (secondary N) is 1. The van der Waals surface area contributed by atoms with Crippen molar-refractivity contribution in [2.75, 3.05) is 6.54 Å². The summed E-state index contributed by atoms with van der Waals surface area (Å²) < 4.78 is 5.61. The lowest BCUT2D eigenvalue weighted by molar-refractivity contribution is 0.242. The molecule has 1 aromatic carbocycles. The van der Waals surface area contributed by atoms with Crippen LogP contribution in [0.4, 0.5) is 0 Å². The molecule has 0 spiro atoms. The van der Waals surface area contributed by atoms with Crippen molar-refractivity contribution in [3.8, 4) is 5.75 Å². The van der Waals surface area contributed by atoms with Crippen molar-refractivity contribution >= 4 is 0 Å². The molecule has 0 aliphatic carbocycles.